The van der Waals surface area contributed by atoms with Crippen molar-refractivity contribution in [3.63, 3.8) is 0 Å². The van der Waals surface area contributed by atoms with Crippen LogP contribution in [0.5, 0.6) is 5.75 Å². The van der Waals surface area contributed by atoms with Gasteiger partial charge in [0.05, 0.1) is 19.1 Å². The van der Waals surface area contributed by atoms with E-state index in [1.165, 1.54) is 0 Å². The van der Waals surface area contributed by atoms with E-state index in [4.69, 9.17) is 9.15 Å². The highest BCUT2D eigenvalue weighted by Gasteiger charge is 2.18. The average molecular weight is 373 g/mol. The van der Waals surface area contributed by atoms with E-state index < -0.39 is 0 Å². The third kappa shape index (κ3) is 3.66. The predicted octanol–water partition coefficient (Wildman–Crippen LogP) is 4.07. The normalized spacial score (nSPS) is 10.6. The molecule has 28 heavy (non-hydrogen) atoms. The molecule has 0 radical (unpaired) electrons. The molecule has 0 saturated carbocycles. The van der Waals surface area contributed by atoms with Crippen molar-refractivity contribution < 1.29 is 13.9 Å². The Labute approximate surface area is 162 Å². The van der Waals surface area contributed by atoms with E-state index in [0.29, 0.717) is 23.7 Å². The summed E-state index contributed by atoms with van der Waals surface area (Å²) < 4.78 is 12.2. The maximum atomic E-state index is 12.9. The van der Waals surface area contributed by atoms with Gasteiger partial charge in [0, 0.05) is 12.6 Å². The van der Waals surface area contributed by atoms with Crippen LogP contribution in [-0.4, -0.2) is 22.8 Å². The molecule has 4 rings (SSSR count). The number of nitrogens with zero attached hydrogens (tertiary/aromatic N) is 2. The van der Waals surface area contributed by atoms with Gasteiger partial charge in [-0.25, -0.2) is 4.68 Å². The third-order valence-corrected chi connectivity index (χ3v) is 4.33. The zero-order valence-electron chi connectivity index (χ0n) is 15.3. The predicted molar refractivity (Wildman–Crippen MR) is 105 cm³/mol. The molecule has 2 aromatic carbocycles. The van der Waals surface area contributed by atoms with Gasteiger partial charge >= 0.3 is 0 Å². The number of hydrogen-bond donors (Lipinski definition) is 1. The second kappa shape index (κ2) is 7.84. The Balaban J connectivity index is 1.60. The topological polar surface area (TPSA) is 69.3 Å². The molecule has 2 heterocycles. The largest absolute Gasteiger partial charge is 0.497 e. The monoisotopic (exact) mass is 373 g/mol. The second-order valence-corrected chi connectivity index (χ2v) is 6.17. The van der Waals surface area contributed by atoms with E-state index in [-0.39, 0.29) is 5.91 Å². The minimum absolute atomic E-state index is 0.218. The second-order valence-electron chi connectivity index (χ2n) is 6.17. The van der Waals surface area contributed by atoms with Gasteiger partial charge < -0.3 is 14.5 Å². The molecule has 1 amide bonds. The summed E-state index contributed by atoms with van der Waals surface area (Å²) in [6, 6.07) is 22.4. The van der Waals surface area contributed by atoms with Gasteiger partial charge in [-0.3, -0.25) is 4.79 Å². The number of carbonyl (C=O) groups excluding carboxylic acids is 1. The number of methoxy groups -OCH3 is 1. The first-order valence-corrected chi connectivity index (χ1v) is 8.85. The Morgan fingerprint density at radius 1 is 1.07 bits per heavy atom. The van der Waals surface area contributed by atoms with Gasteiger partial charge in [-0.15, -0.1) is 0 Å². The van der Waals surface area contributed by atoms with E-state index in [2.05, 4.69) is 10.4 Å². The minimum atomic E-state index is -0.218. The van der Waals surface area contributed by atoms with Crippen LogP contribution in [0.4, 0.5) is 0 Å². The van der Waals surface area contributed by atoms with E-state index >= 15 is 0 Å². The summed E-state index contributed by atoms with van der Waals surface area (Å²) >= 11 is 0. The molecular formula is C22H19N3O3. The zero-order valence-corrected chi connectivity index (χ0v) is 15.3. The molecule has 0 spiro atoms. The van der Waals surface area contributed by atoms with Crippen molar-refractivity contribution in [3.8, 4) is 22.9 Å². The molecule has 0 bridgehead atoms. The van der Waals surface area contributed by atoms with E-state index in [1.807, 2.05) is 60.7 Å². The van der Waals surface area contributed by atoms with Crippen molar-refractivity contribution in [1.29, 1.82) is 0 Å². The number of amides is 1. The van der Waals surface area contributed by atoms with Crippen molar-refractivity contribution >= 4 is 5.91 Å². The van der Waals surface area contributed by atoms with E-state index in [0.717, 1.165) is 17.0 Å². The van der Waals surface area contributed by atoms with Gasteiger partial charge in [0.15, 0.2) is 5.76 Å². The van der Waals surface area contributed by atoms with Crippen molar-refractivity contribution in [2.24, 2.45) is 0 Å². The van der Waals surface area contributed by atoms with Crippen LogP contribution in [0.15, 0.2) is 83.5 Å². The van der Waals surface area contributed by atoms with Gasteiger partial charge in [-0.2, -0.15) is 5.10 Å². The summed E-state index contributed by atoms with van der Waals surface area (Å²) in [5.41, 5.74) is 2.82. The van der Waals surface area contributed by atoms with Crippen molar-refractivity contribution in [1.82, 2.24) is 15.1 Å². The first kappa shape index (κ1) is 17.6. The molecule has 6 heteroatoms. The quantitative estimate of drug-likeness (QED) is 0.553. The maximum absolute atomic E-state index is 12.9. The van der Waals surface area contributed by atoms with Gasteiger partial charge in [-0.1, -0.05) is 30.3 Å². The number of carbonyl (C=O) groups is 1. The number of ether oxygens (including phenoxy) is 1. The van der Waals surface area contributed by atoms with Gasteiger partial charge in [0.1, 0.15) is 17.1 Å². The minimum Gasteiger partial charge on any atom is -0.497 e. The molecule has 0 aliphatic heterocycles. The molecule has 4 aromatic rings. The summed E-state index contributed by atoms with van der Waals surface area (Å²) in [5.74, 6) is 1.17. The Bertz CT molecular complexity index is 1050. The first-order chi connectivity index (χ1) is 13.7. The molecule has 0 saturated heterocycles. The summed E-state index contributed by atoms with van der Waals surface area (Å²) in [4.78, 5) is 12.9. The summed E-state index contributed by atoms with van der Waals surface area (Å²) in [7, 11) is 1.62. The van der Waals surface area contributed by atoms with Crippen LogP contribution in [0, 0.1) is 0 Å². The standard InChI is InChI=1S/C22H19N3O3/c1-27-18-11-9-16(10-12-18)15-23-22(26)20-14-19(21-8-5-13-28-21)24-25(20)17-6-3-2-4-7-17/h2-14H,15H2,1H3,(H,23,26). The number of benzene rings is 2. The Morgan fingerprint density at radius 2 is 1.86 bits per heavy atom. The fourth-order valence-electron chi connectivity index (χ4n) is 2.87. The average Bonchev–Trinajstić information content (AvgIpc) is 3.43. The molecule has 6 nitrogen and oxygen atoms in total. The number of rotatable bonds is 6. The number of hydrogen-bond acceptors (Lipinski definition) is 4. The number of para-hydroxylation sites is 1. The Hall–Kier alpha value is -3.80. The van der Waals surface area contributed by atoms with Gasteiger partial charge in [-0.05, 0) is 42.0 Å². The van der Waals surface area contributed by atoms with Crippen LogP contribution in [0.3, 0.4) is 0 Å². The van der Waals surface area contributed by atoms with Crippen molar-refractivity contribution in [2.45, 2.75) is 6.54 Å². The van der Waals surface area contributed by atoms with Crippen LogP contribution >= 0.6 is 0 Å². The lowest BCUT2D eigenvalue weighted by Crippen LogP contribution is -2.25. The zero-order chi connectivity index (χ0) is 19.3. The van der Waals surface area contributed by atoms with Crippen LogP contribution in [0.2, 0.25) is 0 Å². The number of furan rings is 1. The summed E-state index contributed by atoms with van der Waals surface area (Å²) in [5, 5.41) is 7.52. The van der Waals surface area contributed by atoms with Crippen LogP contribution in [-0.2, 0) is 6.54 Å². The van der Waals surface area contributed by atoms with Gasteiger partial charge in [0.25, 0.3) is 5.91 Å². The summed E-state index contributed by atoms with van der Waals surface area (Å²) in [6.07, 6.45) is 1.58. The third-order valence-electron chi connectivity index (χ3n) is 4.33. The molecule has 1 N–H and O–H groups in total. The lowest BCUT2D eigenvalue weighted by Gasteiger charge is -2.09. The molecule has 0 fully saturated rings. The lowest BCUT2D eigenvalue weighted by molar-refractivity contribution is 0.0943. The van der Waals surface area contributed by atoms with E-state index in [1.54, 1.807) is 30.2 Å². The maximum Gasteiger partial charge on any atom is 0.270 e. The molecular weight excluding hydrogens is 354 g/mol. The molecule has 140 valence electrons. The van der Waals surface area contributed by atoms with Crippen molar-refractivity contribution in [3.05, 3.63) is 90.3 Å². The smallest absolute Gasteiger partial charge is 0.270 e. The first-order valence-electron chi connectivity index (χ1n) is 8.85. The highest BCUT2D eigenvalue weighted by Crippen LogP contribution is 2.22. The highest BCUT2D eigenvalue weighted by molar-refractivity contribution is 5.94. The SMILES string of the molecule is COc1ccc(CNC(=O)c2cc(-c3ccco3)nn2-c2ccccc2)cc1. The molecule has 2 aromatic heterocycles. The van der Waals surface area contributed by atoms with Crippen molar-refractivity contribution in [2.75, 3.05) is 7.11 Å². The molecule has 0 aliphatic rings. The lowest BCUT2D eigenvalue weighted by atomic mass is 10.2. The number of nitrogens with one attached hydrogen (secondary N) is 1. The molecule has 0 unspecified atom stereocenters. The van der Waals surface area contributed by atoms with E-state index in [9.17, 15) is 4.79 Å². The fraction of sp³-hybridized carbons (Fsp3) is 0.0909. The van der Waals surface area contributed by atoms with Crippen LogP contribution < -0.4 is 10.1 Å². The number of aromatic nitrogens is 2. The van der Waals surface area contributed by atoms with Crippen LogP contribution in [0.1, 0.15) is 16.1 Å². The van der Waals surface area contributed by atoms with Gasteiger partial charge in [0.2, 0.25) is 0 Å². The summed E-state index contributed by atoms with van der Waals surface area (Å²) in [6.45, 7) is 0.402. The fourth-order valence-corrected chi connectivity index (χ4v) is 2.87. The van der Waals surface area contributed by atoms with Crippen LogP contribution in [0.25, 0.3) is 17.1 Å². The molecule has 0 atom stereocenters. The Morgan fingerprint density at radius 3 is 2.54 bits per heavy atom. The highest BCUT2D eigenvalue weighted by atomic mass is 16.5. The Kier molecular flexibility index (Phi) is 4.93. The molecule has 0 aliphatic carbocycles.